The first-order valence-corrected chi connectivity index (χ1v) is 11.6. The second-order valence-corrected chi connectivity index (χ2v) is 8.98. The molecule has 0 bridgehead atoms. The molecule has 1 aliphatic rings. The first-order valence-electron chi connectivity index (χ1n) is 11.6. The summed E-state index contributed by atoms with van der Waals surface area (Å²) in [6.07, 6.45) is 2.03. The molecule has 2 N–H and O–H groups in total. The molecule has 1 amide bonds. The van der Waals surface area contributed by atoms with Gasteiger partial charge in [0.2, 0.25) is 0 Å². The predicted molar refractivity (Wildman–Crippen MR) is 138 cm³/mol. The van der Waals surface area contributed by atoms with Crippen molar-refractivity contribution in [3.05, 3.63) is 99.6 Å². The number of carboxylic acids is 1. The van der Waals surface area contributed by atoms with Crippen LogP contribution < -0.4 is 10.1 Å². The zero-order valence-electron chi connectivity index (χ0n) is 20.7. The molecule has 0 radical (unpaired) electrons. The molecule has 1 aliphatic heterocycles. The van der Waals surface area contributed by atoms with Crippen LogP contribution in [0, 0.1) is 13.8 Å². The molecule has 3 aromatic rings. The van der Waals surface area contributed by atoms with Gasteiger partial charge in [-0.1, -0.05) is 42.0 Å². The molecule has 0 fully saturated rings. The lowest BCUT2D eigenvalue weighted by Crippen LogP contribution is -2.17. The summed E-state index contributed by atoms with van der Waals surface area (Å²) >= 11 is 0. The van der Waals surface area contributed by atoms with Crippen LogP contribution in [0.1, 0.15) is 61.5 Å². The van der Waals surface area contributed by atoms with E-state index >= 15 is 0 Å². The fourth-order valence-corrected chi connectivity index (χ4v) is 4.61. The number of benzene rings is 3. The van der Waals surface area contributed by atoms with Crippen LogP contribution in [-0.4, -0.2) is 35.2 Å². The van der Waals surface area contributed by atoms with Crippen LogP contribution >= 0.6 is 0 Å². The molecule has 0 aliphatic carbocycles. The highest BCUT2D eigenvalue weighted by Crippen LogP contribution is 2.37. The summed E-state index contributed by atoms with van der Waals surface area (Å²) in [7, 11) is 1.74. The molecule has 0 aromatic heterocycles. The Bertz CT molecular complexity index is 1390. The number of anilines is 1. The van der Waals surface area contributed by atoms with Gasteiger partial charge in [-0.25, -0.2) is 4.79 Å². The Morgan fingerprint density at radius 2 is 1.83 bits per heavy atom. The Labute approximate surface area is 210 Å². The third kappa shape index (κ3) is 4.73. The van der Waals surface area contributed by atoms with Crippen molar-refractivity contribution >= 4 is 29.6 Å². The van der Waals surface area contributed by atoms with Crippen molar-refractivity contribution in [3.63, 3.8) is 0 Å². The third-order valence-corrected chi connectivity index (χ3v) is 6.29. The minimum absolute atomic E-state index is 0.0700. The van der Waals surface area contributed by atoms with Gasteiger partial charge in [0.05, 0.1) is 11.6 Å². The Morgan fingerprint density at radius 3 is 2.56 bits per heavy atom. The molecule has 1 heterocycles. The fourth-order valence-electron chi connectivity index (χ4n) is 4.61. The van der Waals surface area contributed by atoms with Gasteiger partial charge in [0.1, 0.15) is 17.8 Å². The lowest BCUT2D eigenvalue weighted by molar-refractivity contribution is -0.104. The fraction of sp³-hybridized carbons (Fsp3) is 0.207. The maximum atomic E-state index is 12.5. The summed E-state index contributed by atoms with van der Waals surface area (Å²) < 4.78 is 6.43. The topological polar surface area (TPSA) is 95.9 Å². The van der Waals surface area contributed by atoms with Gasteiger partial charge >= 0.3 is 5.97 Å². The van der Waals surface area contributed by atoms with Crippen LogP contribution in [0.4, 0.5) is 5.69 Å². The van der Waals surface area contributed by atoms with Gasteiger partial charge in [-0.15, -0.1) is 0 Å². The summed E-state index contributed by atoms with van der Waals surface area (Å²) in [5.74, 6) is -0.177. The summed E-state index contributed by atoms with van der Waals surface area (Å²) in [4.78, 5) is 37.4. The number of aldehydes is 1. The van der Waals surface area contributed by atoms with E-state index in [-0.39, 0.29) is 17.5 Å². The maximum absolute atomic E-state index is 12.5. The number of aromatic carboxylic acids is 1. The lowest BCUT2D eigenvalue weighted by atomic mass is 9.98. The monoisotopic (exact) mass is 484 g/mol. The van der Waals surface area contributed by atoms with Gasteiger partial charge < -0.3 is 20.1 Å². The number of carbonyl (C=O) groups is 3. The molecule has 7 nitrogen and oxygen atoms in total. The van der Waals surface area contributed by atoms with Crippen LogP contribution in [0.25, 0.3) is 5.76 Å². The van der Waals surface area contributed by atoms with E-state index < -0.39 is 5.97 Å². The second-order valence-electron chi connectivity index (χ2n) is 8.98. The number of rotatable bonds is 8. The SMILES string of the molecule is Cc1cc(C)c(O/C(=C\C=O)c2cccc3c2CN(C)C3=O)c(C(C)Nc2ccccc2C(=O)O)c1. The van der Waals surface area contributed by atoms with E-state index in [1.54, 1.807) is 48.3 Å². The van der Waals surface area contributed by atoms with Crippen LogP contribution in [0.15, 0.2) is 60.7 Å². The minimum atomic E-state index is -1.02. The normalized spacial score (nSPS) is 13.8. The molecule has 1 atom stereocenters. The van der Waals surface area contributed by atoms with Gasteiger partial charge in [-0.05, 0) is 50.1 Å². The number of ether oxygens (including phenoxy) is 1. The number of nitrogens with zero attached hydrogens (tertiary/aromatic N) is 1. The van der Waals surface area contributed by atoms with Crippen molar-refractivity contribution in [2.45, 2.75) is 33.4 Å². The molecule has 7 heteroatoms. The average molecular weight is 485 g/mol. The number of amides is 1. The van der Waals surface area contributed by atoms with E-state index in [2.05, 4.69) is 5.32 Å². The molecule has 0 saturated heterocycles. The van der Waals surface area contributed by atoms with Crippen molar-refractivity contribution in [2.24, 2.45) is 0 Å². The Kier molecular flexibility index (Phi) is 6.92. The molecule has 36 heavy (non-hydrogen) atoms. The van der Waals surface area contributed by atoms with E-state index in [9.17, 15) is 19.5 Å². The summed E-state index contributed by atoms with van der Waals surface area (Å²) in [6.45, 7) is 6.26. The van der Waals surface area contributed by atoms with Crippen LogP contribution in [0.3, 0.4) is 0 Å². The average Bonchev–Trinajstić information content (AvgIpc) is 3.13. The van der Waals surface area contributed by atoms with Crippen LogP contribution in [0.2, 0.25) is 0 Å². The van der Waals surface area contributed by atoms with Crippen molar-refractivity contribution in [1.29, 1.82) is 0 Å². The lowest BCUT2D eigenvalue weighted by Gasteiger charge is -2.23. The van der Waals surface area contributed by atoms with E-state index in [1.807, 2.05) is 39.0 Å². The number of nitrogens with one attached hydrogen (secondary N) is 1. The number of carbonyl (C=O) groups excluding carboxylic acids is 2. The van der Waals surface area contributed by atoms with Gasteiger partial charge in [-0.3, -0.25) is 9.59 Å². The summed E-state index contributed by atoms with van der Waals surface area (Å²) in [5.41, 5.74) is 5.44. The van der Waals surface area contributed by atoms with Gasteiger partial charge in [0.25, 0.3) is 5.91 Å². The number of allylic oxidation sites excluding steroid dienone is 1. The quantitative estimate of drug-likeness (QED) is 0.253. The van der Waals surface area contributed by atoms with E-state index in [1.165, 1.54) is 6.08 Å². The highest BCUT2D eigenvalue weighted by molar-refractivity contribution is 6.00. The first-order chi connectivity index (χ1) is 17.2. The van der Waals surface area contributed by atoms with Crippen molar-refractivity contribution < 1.29 is 24.2 Å². The molecular weight excluding hydrogens is 456 g/mol. The smallest absolute Gasteiger partial charge is 0.337 e. The van der Waals surface area contributed by atoms with Crippen molar-refractivity contribution in [3.8, 4) is 5.75 Å². The van der Waals surface area contributed by atoms with Crippen molar-refractivity contribution in [1.82, 2.24) is 4.90 Å². The molecule has 0 spiro atoms. The highest BCUT2D eigenvalue weighted by Gasteiger charge is 2.28. The second kappa shape index (κ2) is 10.1. The molecular formula is C29H28N2O5. The molecule has 3 aromatic carbocycles. The number of carboxylic acid groups (broad SMARTS) is 1. The van der Waals surface area contributed by atoms with E-state index in [0.717, 1.165) is 22.3 Å². The Morgan fingerprint density at radius 1 is 1.11 bits per heavy atom. The van der Waals surface area contributed by atoms with Crippen LogP contribution in [0.5, 0.6) is 5.75 Å². The first kappa shape index (κ1) is 24.7. The van der Waals surface area contributed by atoms with E-state index in [0.29, 0.717) is 41.2 Å². The number of para-hydroxylation sites is 1. The minimum Gasteiger partial charge on any atom is -0.478 e. The molecule has 1 unspecified atom stereocenters. The number of fused-ring (bicyclic) bond motifs is 1. The maximum Gasteiger partial charge on any atom is 0.337 e. The number of hydrogen-bond acceptors (Lipinski definition) is 5. The summed E-state index contributed by atoms with van der Waals surface area (Å²) in [6, 6.07) is 15.8. The highest BCUT2D eigenvalue weighted by atomic mass is 16.5. The largest absolute Gasteiger partial charge is 0.478 e. The van der Waals surface area contributed by atoms with E-state index in [4.69, 9.17) is 4.74 Å². The third-order valence-electron chi connectivity index (χ3n) is 6.29. The number of hydrogen-bond donors (Lipinski definition) is 2. The number of aryl methyl sites for hydroxylation is 2. The Hall–Kier alpha value is -4.39. The van der Waals surface area contributed by atoms with Crippen molar-refractivity contribution in [2.75, 3.05) is 12.4 Å². The summed E-state index contributed by atoms with van der Waals surface area (Å²) in [5, 5.41) is 12.9. The van der Waals surface area contributed by atoms with Crippen LogP contribution in [-0.2, 0) is 11.3 Å². The van der Waals surface area contributed by atoms with Gasteiger partial charge in [0, 0.05) is 42.0 Å². The standard InChI is InChI=1S/C29H28N2O5/c1-17-14-18(2)27(23(15-17)19(3)30-25-11-6-5-8-22(25)29(34)35)36-26(12-13-32)20-9-7-10-21-24(20)16-31(4)28(21)33/h5-15,19,30H,16H2,1-4H3,(H,34,35)/b26-12-. The Balaban J connectivity index is 1.75. The molecule has 0 saturated carbocycles. The zero-order chi connectivity index (χ0) is 26.0. The molecule has 4 rings (SSSR count). The zero-order valence-corrected chi connectivity index (χ0v) is 20.7. The predicted octanol–water partition coefficient (Wildman–Crippen LogP) is 5.38. The molecule has 184 valence electrons. The van der Waals surface area contributed by atoms with Gasteiger partial charge in [0.15, 0.2) is 0 Å². The van der Waals surface area contributed by atoms with Gasteiger partial charge in [-0.2, -0.15) is 0 Å².